The number of nitrogens with zero attached hydrogens (tertiary/aromatic N) is 2. The summed E-state index contributed by atoms with van der Waals surface area (Å²) in [6, 6.07) is 9.51. The Kier molecular flexibility index (Phi) is 2.49. The van der Waals surface area contributed by atoms with Gasteiger partial charge in [0, 0.05) is 40.3 Å². The smallest absolute Gasteiger partial charge is 0.216 e. The van der Waals surface area contributed by atoms with E-state index in [2.05, 4.69) is 4.98 Å². The first-order valence-electron chi connectivity index (χ1n) is 9.87. The van der Waals surface area contributed by atoms with Crippen LogP contribution in [0.25, 0.3) is 33.2 Å². The molecule has 0 aliphatic rings. The van der Waals surface area contributed by atoms with Crippen LogP contribution in [0.2, 0.25) is 0 Å². The molecule has 4 aromatic rings. The summed E-state index contributed by atoms with van der Waals surface area (Å²) in [5.74, 6) is -1.69. The van der Waals surface area contributed by atoms with Crippen LogP contribution in [0.4, 0.5) is 0 Å². The van der Waals surface area contributed by atoms with Crippen LogP contribution in [0.5, 0.6) is 0 Å². The third kappa shape index (κ3) is 2.20. The predicted molar refractivity (Wildman–Crippen MR) is 97.0 cm³/mol. The van der Waals surface area contributed by atoms with E-state index in [0.29, 0.717) is 5.56 Å². The van der Waals surface area contributed by atoms with Crippen molar-refractivity contribution in [2.75, 3.05) is 0 Å². The number of aromatic nitrogens is 2. The molecular weight excluding hydrogens is 296 g/mol. The molecule has 0 spiro atoms. The second-order valence-corrected chi connectivity index (χ2v) is 6.15. The summed E-state index contributed by atoms with van der Waals surface area (Å²) in [5, 5.41) is 1.94. The van der Waals surface area contributed by atoms with Crippen molar-refractivity contribution in [1.29, 1.82) is 0 Å². The molecule has 3 heterocycles. The molecule has 3 heteroatoms. The van der Waals surface area contributed by atoms with E-state index >= 15 is 0 Å². The molecule has 0 aliphatic heterocycles. The van der Waals surface area contributed by atoms with Crippen molar-refractivity contribution in [2.24, 2.45) is 7.05 Å². The SMILES string of the molecule is [2H]C([2H])([2H])C([2H])(C)c1ccc(-c2c(C)ccc3c2oc2ccncc23)[n+](C)c1. The number of furan rings is 1. The van der Waals surface area contributed by atoms with E-state index in [0.717, 1.165) is 38.8 Å². The Hall–Kier alpha value is -2.68. The van der Waals surface area contributed by atoms with Gasteiger partial charge in [-0.05, 0) is 30.5 Å². The first-order valence-corrected chi connectivity index (χ1v) is 7.87. The van der Waals surface area contributed by atoms with Crippen LogP contribution in [-0.4, -0.2) is 4.98 Å². The highest BCUT2D eigenvalue weighted by Gasteiger charge is 2.21. The number of benzene rings is 1. The molecule has 0 N–H and O–H groups in total. The van der Waals surface area contributed by atoms with E-state index in [1.807, 2.05) is 42.8 Å². The van der Waals surface area contributed by atoms with Crippen LogP contribution >= 0.6 is 0 Å². The van der Waals surface area contributed by atoms with Crippen LogP contribution in [0.1, 0.15) is 36.3 Å². The van der Waals surface area contributed by atoms with Gasteiger partial charge in [0.15, 0.2) is 6.20 Å². The minimum atomic E-state index is -2.41. The molecule has 0 radical (unpaired) electrons. The summed E-state index contributed by atoms with van der Waals surface area (Å²) < 4.78 is 39.4. The first kappa shape index (κ1) is 11.0. The van der Waals surface area contributed by atoms with Gasteiger partial charge in [0.1, 0.15) is 18.2 Å². The zero-order chi connectivity index (χ0) is 20.3. The highest BCUT2D eigenvalue weighted by molar-refractivity contribution is 6.09. The quantitative estimate of drug-likeness (QED) is 0.491. The number of aryl methyl sites for hydroxylation is 2. The van der Waals surface area contributed by atoms with Gasteiger partial charge in [-0.15, -0.1) is 0 Å². The van der Waals surface area contributed by atoms with Crippen molar-refractivity contribution in [3.8, 4) is 11.3 Å². The molecule has 1 atom stereocenters. The Morgan fingerprint density at radius 2 is 2.08 bits per heavy atom. The Morgan fingerprint density at radius 3 is 2.88 bits per heavy atom. The number of hydrogen-bond donors (Lipinski definition) is 0. The van der Waals surface area contributed by atoms with Crippen molar-refractivity contribution in [1.82, 2.24) is 4.98 Å². The molecule has 3 aromatic heterocycles. The Labute approximate surface area is 147 Å². The molecule has 4 rings (SSSR count). The molecule has 1 unspecified atom stereocenters. The van der Waals surface area contributed by atoms with Gasteiger partial charge in [-0.1, -0.05) is 25.9 Å². The van der Waals surface area contributed by atoms with E-state index in [-0.39, 0.29) is 0 Å². The highest BCUT2D eigenvalue weighted by Crippen LogP contribution is 2.36. The Balaban J connectivity index is 1.95. The maximum atomic E-state index is 8.34. The largest absolute Gasteiger partial charge is 0.455 e. The summed E-state index contributed by atoms with van der Waals surface area (Å²) in [6.07, 6.45) is 5.22. The van der Waals surface area contributed by atoms with Crippen molar-refractivity contribution in [3.63, 3.8) is 0 Å². The summed E-state index contributed by atoms with van der Waals surface area (Å²) in [5.41, 5.74) is 4.88. The van der Waals surface area contributed by atoms with Crippen LogP contribution in [0.3, 0.4) is 0 Å². The number of pyridine rings is 2. The molecule has 0 amide bonds. The summed E-state index contributed by atoms with van der Waals surface area (Å²) in [4.78, 5) is 4.20. The standard InChI is InChI=1S/C21H21N2O/c1-13(2)15-6-8-18(23(4)12-15)20-14(3)5-7-16-17-11-22-10-9-19(17)24-21(16)20/h5-13H,1-4H3/q+1/i1D3,13D. The van der Waals surface area contributed by atoms with Gasteiger partial charge in [-0.3, -0.25) is 4.98 Å². The fourth-order valence-corrected chi connectivity index (χ4v) is 3.19. The normalized spacial score (nSPS) is 17.1. The molecule has 0 aliphatic carbocycles. The molecule has 0 fully saturated rings. The van der Waals surface area contributed by atoms with Gasteiger partial charge < -0.3 is 4.42 Å². The maximum absolute atomic E-state index is 8.34. The topological polar surface area (TPSA) is 29.9 Å². The van der Waals surface area contributed by atoms with E-state index in [4.69, 9.17) is 9.90 Å². The van der Waals surface area contributed by atoms with Gasteiger partial charge in [-0.2, -0.15) is 0 Å². The van der Waals surface area contributed by atoms with E-state index in [9.17, 15) is 0 Å². The van der Waals surface area contributed by atoms with Gasteiger partial charge in [0.05, 0.1) is 5.56 Å². The van der Waals surface area contributed by atoms with Crippen molar-refractivity contribution in [3.05, 3.63) is 60.0 Å². The van der Waals surface area contributed by atoms with Crippen LogP contribution < -0.4 is 4.57 Å². The first-order chi connectivity index (χ1) is 13.1. The molecule has 0 saturated heterocycles. The predicted octanol–water partition coefficient (Wildman–Crippen LogP) is 4.90. The van der Waals surface area contributed by atoms with Gasteiger partial charge in [0.2, 0.25) is 5.69 Å². The lowest BCUT2D eigenvalue weighted by Gasteiger charge is -2.08. The molecule has 3 nitrogen and oxygen atoms in total. The molecule has 0 bridgehead atoms. The van der Waals surface area contributed by atoms with Gasteiger partial charge in [0.25, 0.3) is 0 Å². The third-order valence-electron chi connectivity index (χ3n) is 4.47. The highest BCUT2D eigenvalue weighted by atomic mass is 16.3. The maximum Gasteiger partial charge on any atom is 0.216 e. The second-order valence-electron chi connectivity index (χ2n) is 6.15. The molecule has 1 aromatic carbocycles. The average molecular weight is 321 g/mol. The van der Waals surface area contributed by atoms with E-state index in [1.165, 1.54) is 6.92 Å². The van der Waals surface area contributed by atoms with Crippen LogP contribution in [-0.2, 0) is 7.05 Å². The molecular formula is C21H21N2O+. The van der Waals surface area contributed by atoms with Crippen molar-refractivity contribution in [2.45, 2.75) is 26.6 Å². The van der Waals surface area contributed by atoms with Gasteiger partial charge >= 0.3 is 0 Å². The van der Waals surface area contributed by atoms with Crippen LogP contribution in [0.15, 0.2) is 53.3 Å². The van der Waals surface area contributed by atoms with Gasteiger partial charge in [-0.25, -0.2) is 4.57 Å². The number of fused-ring (bicyclic) bond motifs is 3. The lowest BCUT2D eigenvalue weighted by atomic mass is 9.99. The third-order valence-corrected chi connectivity index (χ3v) is 4.47. The average Bonchev–Trinajstić information content (AvgIpc) is 2.99. The number of rotatable bonds is 2. The lowest BCUT2D eigenvalue weighted by molar-refractivity contribution is -0.660. The monoisotopic (exact) mass is 321 g/mol. The zero-order valence-electron chi connectivity index (χ0n) is 17.9. The summed E-state index contributed by atoms with van der Waals surface area (Å²) in [6.45, 7) is 1.03. The molecule has 24 heavy (non-hydrogen) atoms. The number of hydrogen-bond acceptors (Lipinski definition) is 2. The Bertz CT molecular complexity index is 1210. The molecule has 0 saturated carbocycles. The Morgan fingerprint density at radius 1 is 1.21 bits per heavy atom. The minimum absolute atomic E-state index is 0.442. The lowest BCUT2D eigenvalue weighted by Crippen LogP contribution is -2.31. The minimum Gasteiger partial charge on any atom is -0.455 e. The van der Waals surface area contributed by atoms with Crippen LogP contribution in [0, 0.1) is 6.92 Å². The second kappa shape index (κ2) is 5.45. The zero-order valence-corrected chi connectivity index (χ0v) is 13.9. The van der Waals surface area contributed by atoms with E-state index in [1.54, 1.807) is 24.7 Å². The van der Waals surface area contributed by atoms with Crippen molar-refractivity contribution < 1.29 is 14.5 Å². The fraction of sp³-hybridized carbons (Fsp3) is 0.238. The molecule has 120 valence electrons. The fourth-order valence-electron chi connectivity index (χ4n) is 3.19. The van der Waals surface area contributed by atoms with E-state index < -0.39 is 12.7 Å². The summed E-state index contributed by atoms with van der Waals surface area (Å²) in [7, 11) is 1.86. The summed E-state index contributed by atoms with van der Waals surface area (Å²) >= 11 is 0. The van der Waals surface area contributed by atoms with Crippen molar-refractivity contribution >= 4 is 21.9 Å².